The van der Waals surface area contributed by atoms with Crippen molar-refractivity contribution in [2.75, 3.05) is 18.2 Å². The molecule has 0 heterocycles. The minimum atomic E-state index is -0.242. The Morgan fingerprint density at radius 3 is 2.71 bits per heavy atom. The van der Waals surface area contributed by atoms with Crippen molar-refractivity contribution in [2.24, 2.45) is 0 Å². The number of anilines is 2. The molecule has 1 aliphatic rings. The molecule has 1 fully saturated rings. The third-order valence-electron chi connectivity index (χ3n) is 3.42. The fraction of sp³-hybridized carbons (Fsp3) is 0.462. The standard InChI is InChI=1S/C13H18N2O2/c1-17-13(7-4-8-13)9-12(16)15-11-6-3-2-5-10(11)14/h2-3,5-6H,4,7-9,14H2,1H3,(H,15,16). The minimum Gasteiger partial charge on any atom is -0.397 e. The summed E-state index contributed by atoms with van der Waals surface area (Å²) in [5.74, 6) is -0.0375. The fourth-order valence-corrected chi connectivity index (χ4v) is 2.12. The molecule has 92 valence electrons. The van der Waals surface area contributed by atoms with E-state index >= 15 is 0 Å². The zero-order chi connectivity index (χ0) is 12.3. The highest BCUT2D eigenvalue weighted by Crippen LogP contribution is 2.38. The molecule has 0 aromatic heterocycles. The van der Waals surface area contributed by atoms with E-state index in [0.29, 0.717) is 17.8 Å². The van der Waals surface area contributed by atoms with Gasteiger partial charge >= 0.3 is 0 Å². The molecule has 0 atom stereocenters. The summed E-state index contributed by atoms with van der Waals surface area (Å²) in [6.45, 7) is 0. The zero-order valence-corrected chi connectivity index (χ0v) is 10.0. The molecule has 0 unspecified atom stereocenters. The van der Waals surface area contributed by atoms with Crippen LogP contribution >= 0.6 is 0 Å². The molecule has 1 aromatic rings. The summed E-state index contributed by atoms with van der Waals surface area (Å²) in [5.41, 5.74) is 6.78. The Labute approximate surface area is 101 Å². The van der Waals surface area contributed by atoms with Crippen molar-refractivity contribution in [3.05, 3.63) is 24.3 Å². The number of nitrogens with one attached hydrogen (secondary N) is 1. The molecule has 1 saturated carbocycles. The molecule has 1 aromatic carbocycles. The number of carbonyl (C=O) groups excluding carboxylic acids is 1. The third-order valence-corrected chi connectivity index (χ3v) is 3.42. The molecule has 3 N–H and O–H groups in total. The van der Waals surface area contributed by atoms with Crippen LogP contribution in [0.4, 0.5) is 11.4 Å². The number of hydrogen-bond acceptors (Lipinski definition) is 3. The molecule has 2 rings (SSSR count). The van der Waals surface area contributed by atoms with Crippen LogP contribution in [-0.2, 0) is 9.53 Å². The summed E-state index contributed by atoms with van der Waals surface area (Å²) in [7, 11) is 1.67. The van der Waals surface area contributed by atoms with Crippen LogP contribution in [0.1, 0.15) is 25.7 Å². The Morgan fingerprint density at radius 1 is 1.47 bits per heavy atom. The van der Waals surface area contributed by atoms with Crippen LogP contribution in [0.3, 0.4) is 0 Å². The van der Waals surface area contributed by atoms with Gasteiger partial charge in [0.15, 0.2) is 0 Å². The van der Waals surface area contributed by atoms with Gasteiger partial charge in [-0.15, -0.1) is 0 Å². The van der Waals surface area contributed by atoms with E-state index in [4.69, 9.17) is 10.5 Å². The maximum atomic E-state index is 11.9. The summed E-state index contributed by atoms with van der Waals surface area (Å²) >= 11 is 0. The number of carbonyl (C=O) groups is 1. The first kappa shape index (κ1) is 11.9. The average molecular weight is 234 g/mol. The van der Waals surface area contributed by atoms with E-state index in [0.717, 1.165) is 19.3 Å². The molecular weight excluding hydrogens is 216 g/mol. The monoisotopic (exact) mass is 234 g/mol. The van der Waals surface area contributed by atoms with Gasteiger partial charge in [0.25, 0.3) is 0 Å². The summed E-state index contributed by atoms with van der Waals surface area (Å²) in [6.07, 6.45) is 3.45. The van der Waals surface area contributed by atoms with Crippen LogP contribution in [0.5, 0.6) is 0 Å². The highest BCUT2D eigenvalue weighted by atomic mass is 16.5. The Bertz CT molecular complexity index is 408. The average Bonchev–Trinajstić information content (AvgIpc) is 2.27. The molecule has 0 aliphatic heterocycles. The second-order valence-electron chi connectivity index (χ2n) is 4.55. The van der Waals surface area contributed by atoms with Gasteiger partial charge in [0.2, 0.25) is 5.91 Å². The van der Waals surface area contributed by atoms with Gasteiger partial charge in [0.05, 0.1) is 23.4 Å². The molecule has 4 heteroatoms. The highest BCUT2D eigenvalue weighted by molar-refractivity contribution is 5.94. The highest BCUT2D eigenvalue weighted by Gasteiger charge is 2.38. The van der Waals surface area contributed by atoms with Gasteiger partial charge in [-0.1, -0.05) is 12.1 Å². The predicted octanol–water partition coefficient (Wildman–Crippen LogP) is 2.17. The third kappa shape index (κ3) is 2.58. The molecule has 0 radical (unpaired) electrons. The number of hydrogen-bond donors (Lipinski definition) is 2. The number of nitrogen functional groups attached to an aromatic ring is 1. The minimum absolute atomic E-state index is 0.0375. The Balaban J connectivity index is 1.96. The lowest BCUT2D eigenvalue weighted by Crippen LogP contribution is -2.42. The van der Waals surface area contributed by atoms with Gasteiger partial charge < -0.3 is 15.8 Å². The number of para-hydroxylation sites is 2. The van der Waals surface area contributed by atoms with Crippen molar-refractivity contribution in [1.29, 1.82) is 0 Å². The van der Waals surface area contributed by atoms with E-state index in [1.54, 1.807) is 19.2 Å². The Hall–Kier alpha value is -1.55. The molecule has 4 nitrogen and oxygen atoms in total. The van der Waals surface area contributed by atoms with Gasteiger partial charge in [-0.05, 0) is 31.4 Å². The first-order chi connectivity index (χ1) is 8.15. The first-order valence-corrected chi connectivity index (χ1v) is 5.85. The number of nitrogens with two attached hydrogens (primary N) is 1. The van der Waals surface area contributed by atoms with Gasteiger partial charge in [0, 0.05) is 7.11 Å². The maximum Gasteiger partial charge on any atom is 0.227 e. The molecule has 1 aliphatic carbocycles. The molecular formula is C13H18N2O2. The van der Waals surface area contributed by atoms with Crippen molar-refractivity contribution >= 4 is 17.3 Å². The topological polar surface area (TPSA) is 64.3 Å². The summed E-state index contributed by atoms with van der Waals surface area (Å²) in [6, 6.07) is 7.26. The predicted molar refractivity (Wildman–Crippen MR) is 67.7 cm³/mol. The SMILES string of the molecule is COC1(CC(=O)Nc2ccccc2N)CCC1. The normalized spacial score (nSPS) is 17.2. The van der Waals surface area contributed by atoms with Crippen molar-refractivity contribution in [3.63, 3.8) is 0 Å². The van der Waals surface area contributed by atoms with Crippen molar-refractivity contribution in [3.8, 4) is 0 Å². The quantitative estimate of drug-likeness (QED) is 0.785. The largest absolute Gasteiger partial charge is 0.397 e. The van der Waals surface area contributed by atoms with Crippen LogP contribution in [0.2, 0.25) is 0 Å². The number of methoxy groups -OCH3 is 1. The lowest BCUT2D eigenvalue weighted by atomic mass is 9.77. The molecule has 0 saturated heterocycles. The van der Waals surface area contributed by atoms with E-state index in [1.807, 2.05) is 12.1 Å². The summed E-state index contributed by atoms with van der Waals surface area (Å²) in [4.78, 5) is 11.9. The van der Waals surface area contributed by atoms with Crippen LogP contribution < -0.4 is 11.1 Å². The number of rotatable bonds is 4. The van der Waals surface area contributed by atoms with Crippen LogP contribution in [0, 0.1) is 0 Å². The van der Waals surface area contributed by atoms with E-state index in [1.165, 1.54) is 0 Å². The lowest BCUT2D eigenvalue weighted by Gasteiger charge is -2.39. The molecule has 17 heavy (non-hydrogen) atoms. The molecule has 0 bridgehead atoms. The van der Waals surface area contributed by atoms with E-state index in [-0.39, 0.29) is 11.5 Å². The lowest BCUT2D eigenvalue weighted by molar-refractivity contribution is -0.129. The summed E-state index contributed by atoms with van der Waals surface area (Å²) < 4.78 is 5.42. The Morgan fingerprint density at radius 2 is 2.18 bits per heavy atom. The van der Waals surface area contributed by atoms with E-state index in [2.05, 4.69) is 5.32 Å². The molecule has 1 amide bonds. The van der Waals surface area contributed by atoms with Gasteiger partial charge in [-0.25, -0.2) is 0 Å². The Kier molecular flexibility index (Phi) is 3.33. The van der Waals surface area contributed by atoms with Crippen molar-refractivity contribution in [2.45, 2.75) is 31.3 Å². The van der Waals surface area contributed by atoms with Gasteiger partial charge in [-0.2, -0.15) is 0 Å². The summed E-state index contributed by atoms with van der Waals surface area (Å²) in [5, 5.41) is 2.82. The number of ether oxygens (including phenoxy) is 1. The second-order valence-corrected chi connectivity index (χ2v) is 4.55. The first-order valence-electron chi connectivity index (χ1n) is 5.85. The van der Waals surface area contributed by atoms with Crippen LogP contribution in [0.25, 0.3) is 0 Å². The fourth-order valence-electron chi connectivity index (χ4n) is 2.12. The zero-order valence-electron chi connectivity index (χ0n) is 10.0. The second kappa shape index (κ2) is 4.75. The maximum absolute atomic E-state index is 11.9. The number of amides is 1. The van der Waals surface area contributed by atoms with Crippen molar-refractivity contribution in [1.82, 2.24) is 0 Å². The molecule has 0 spiro atoms. The van der Waals surface area contributed by atoms with Gasteiger partial charge in [0.1, 0.15) is 0 Å². The smallest absolute Gasteiger partial charge is 0.227 e. The van der Waals surface area contributed by atoms with Crippen LogP contribution in [-0.4, -0.2) is 18.6 Å². The van der Waals surface area contributed by atoms with Crippen LogP contribution in [0.15, 0.2) is 24.3 Å². The van der Waals surface area contributed by atoms with E-state index < -0.39 is 0 Å². The number of benzene rings is 1. The van der Waals surface area contributed by atoms with Crippen molar-refractivity contribution < 1.29 is 9.53 Å². The van der Waals surface area contributed by atoms with E-state index in [9.17, 15) is 4.79 Å². The van der Waals surface area contributed by atoms with Gasteiger partial charge in [-0.3, -0.25) is 4.79 Å².